The number of amides is 2. The molecule has 0 aliphatic carbocycles. The Morgan fingerprint density at radius 1 is 1.47 bits per heavy atom. The van der Waals surface area contributed by atoms with E-state index in [9.17, 15) is 9.59 Å². The molecule has 1 unspecified atom stereocenters. The fraction of sp³-hybridized carbons (Fsp3) is 0.273. The highest BCUT2D eigenvalue weighted by atomic mass is 35.5. The Hall–Kier alpha value is -1.75. The van der Waals surface area contributed by atoms with Crippen LogP contribution in [0.2, 0.25) is 5.02 Å². The molecule has 90 valence electrons. The van der Waals surface area contributed by atoms with E-state index in [2.05, 4.69) is 5.32 Å². The third-order valence-electron chi connectivity index (χ3n) is 2.76. The standard InChI is InChI=1S/C11H12ClN3O2/c1-6-11(17)14-9(16)5-15(6)8-4-2-3-7(12)10(8)13/h2-4,6H,5,13H2,1H3,(H,14,16,17). The Morgan fingerprint density at radius 3 is 2.88 bits per heavy atom. The van der Waals surface area contributed by atoms with E-state index >= 15 is 0 Å². The minimum Gasteiger partial charge on any atom is -0.396 e. The van der Waals surface area contributed by atoms with Crippen LogP contribution in [-0.2, 0) is 9.59 Å². The maximum absolute atomic E-state index is 11.5. The van der Waals surface area contributed by atoms with Crippen molar-refractivity contribution in [2.24, 2.45) is 0 Å². The number of para-hydroxylation sites is 1. The van der Waals surface area contributed by atoms with Gasteiger partial charge < -0.3 is 10.6 Å². The van der Waals surface area contributed by atoms with Crippen molar-refractivity contribution in [3.05, 3.63) is 23.2 Å². The molecule has 1 fully saturated rings. The Morgan fingerprint density at radius 2 is 2.18 bits per heavy atom. The van der Waals surface area contributed by atoms with E-state index in [1.165, 1.54) is 0 Å². The van der Waals surface area contributed by atoms with Crippen LogP contribution < -0.4 is 16.0 Å². The average Bonchev–Trinajstić information content (AvgIpc) is 2.27. The molecule has 1 aromatic carbocycles. The van der Waals surface area contributed by atoms with E-state index in [1.807, 2.05) is 0 Å². The van der Waals surface area contributed by atoms with Crippen LogP contribution in [0.4, 0.5) is 11.4 Å². The van der Waals surface area contributed by atoms with E-state index < -0.39 is 6.04 Å². The molecule has 6 heteroatoms. The highest BCUT2D eigenvalue weighted by molar-refractivity contribution is 6.33. The Bertz CT molecular complexity index is 490. The van der Waals surface area contributed by atoms with E-state index in [4.69, 9.17) is 17.3 Å². The van der Waals surface area contributed by atoms with Gasteiger partial charge in [0.05, 0.1) is 22.9 Å². The van der Waals surface area contributed by atoms with Crippen LogP contribution in [0, 0.1) is 0 Å². The topological polar surface area (TPSA) is 75.4 Å². The lowest BCUT2D eigenvalue weighted by Gasteiger charge is -2.34. The van der Waals surface area contributed by atoms with Gasteiger partial charge in [-0.05, 0) is 19.1 Å². The first-order valence-corrected chi connectivity index (χ1v) is 5.53. The quantitative estimate of drug-likeness (QED) is 0.573. The SMILES string of the molecule is CC1C(=O)NC(=O)CN1c1cccc(Cl)c1N. The summed E-state index contributed by atoms with van der Waals surface area (Å²) in [5, 5.41) is 2.68. The lowest BCUT2D eigenvalue weighted by atomic mass is 10.1. The van der Waals surface area contributed by atoms with Gasteiger partial charge in [-0.3, -0.25) is 14.9 Å². The third kappa shape index (κ3) is 2.06. The first-order chi connectivity index (χ1) is 8.00. The van der Waals surface area contributed by atoms with E-state index in [0.717, 1.165) is 0 Å². The molecule has 1 aliphatic rings. The second-order valence-electron chi connectivity index (χ2n) is 3.89. The summed E-state index contributed by atoms with van der Waals surface area (Å²) in [5.41, 5.74) is 6.83. The van der Waals surface area contributed by atoms with E-state index in [1.54, 1.807) is 30.0 Å². The number of hydrogen-bond donors (Lipinski definition) is 2. The molecule has 2 amide bonds. The van der Waals surface area contributed by atoms with Gasteiger partial charge in [0.1, 0.15) is 6.04 Å². The van der Waals surface area contributed by atoms with Crippen molar-refractivity contribution in [3.63, 3.8) is 0 Å². The maximum atomic E-state index is 11.5. The third-order valence-corrected chi connectivity index (χ3v) is 3.09. The minimum atomic E-state index is -0.450. The zero-order valence-corrected chi connectivity index (χ0v) is 9.99. The van der Waals surface area contributed by atoms with Crippen LogP contribution in [0.25, 0.3) is 0 Å². The van der Waals surface area contributed by atoms with Crippen LogP contribution in [0.1, 0.15) is 6.92 Å². The molecule has 0 radical (unpaired) electrons. The van der Waals surface area contributed by atoms with Crippen molar-refractivity contribution in [1.82, 2.24) is 5.32 Å². The van der Waals surface area contributed by atoms with Crippen molar-refractivity contribution in [3.8, 4) is 0 Å². The molecule has 5 nitrogen and oxygen atoms in total. The smallest absolute Gasteiger partial charge is 0.249 e. The number of nitrogen functional groups attached to an aromatic ring is 1. The number of carbonyl (C=O) groups excluding carboxylic acids is 2. The molecule has 0 aromatic heterocycles. The maximum Gasteiger partial charge on any atom is 0.249 e. The number of carbonyl (C=O) groups is 2. The number of halogens is 1. The van der Waals surface area contributed by atoms with Gasteiger partial charge in [0.2, 0.25) is 11.8 Å². The predicted octanol–water partition coefficient (Wildman–Crippen LogP) is 0.773. The van der Waals surface area contributed by atoms with Crippen LogP contribution in [0.3, 0.4) is 0 Å². The summed E-state index contributed by atoms with van der Waals surface area (Å²) in [6, 6.07) is 4.69. The number of nitrogens with two attached hydrogens (primary N) is 1. The molecule has 1 aromatic rings. The zero-order valence-electron chi connectivity index (χ0n) is 9.24. The molecular weight excluding hydrogens is 242 g/mol. The normalized spacial score (nSPS) is 20.4. The number of rotatable bonds is 1. The van der Waals surface area contributed by atoms with Gasteiger partial charge in [0, 0.05) is 0 Å². The van der Waals surface area contributed by atoms with Gasteiger partial charge >= 0.3 is 0 Å². The summed E-state index contributed by atoms with van der Waals surface area (Å²) in [7, 11) is 0. The summed E-state index contributed by atoms with van der Waals surface area (Å²) >= 11 is 5.92. The van der Waals surface area contributed by atoms with Crippen LogP contribution >= 0.6 is 11.6 Å². The first kappa shape index (κ1) is 11.7. The molecule has 1 heterocycles. The highest BCUT2D eigenvalue weighted by Gasteiger charge is 2.31. The van der Waals surface area contributed by atoms with Crippen molar-refractivity contribution >= 4 is 34.8 Å². The number of nitrogens with one attached hydrogen (secondary N) is 1. The molecule has 1 aliphatic heterocycles. The molecule has 2 rings (SSSR count). The molecule has 0 bridgehead atoms. The summed E-state index contributed by atoms with van der Waals surface area (Å²) in [6.07, 6.45) is 0. The zero-order chi connectivity index (χ0) is 12.6. The van der Waals surface area contributed by atoms with Crippen molar-refractivity contribution < 1.29 is 9.59 Å². The van der Waals surface area contributed by atoms with Crippen molar-refractivity contribution in [1.29, 1.82) is 0 Å². The first-order valence-electron chi connectivity index (χ1n) is 5.15. The molecule has 1 saturated heterocycles. The molecule has 0 spiro atoms. The predicted molar refractivity (Wildman–Crippen MR) is 65.8 cm³/mol. The van der Waals surface area contributed by atoms with E-state index in [-0.39, 0.29) is 18.4 Å². The number of benzene rings is 1. The fourth-order valence-corrected chi connectivity index (χ4v) is 1.95. The van der Waals surface area contributed by atoms with Gasteiger partial charge in [-0.1, -0.05) is 17.7 Å². The largest absolute Gasteiger partial charge is 0.396 e. The molecule has 17 heavy (non-hydrogen) atoms. The number of piperazine rings is 1. The Kier molecular flexibility index (Phi) is 2.93. The summed E-state index contributed by atoms with van der Waals surface area (Å²) in [4.78, 5) is 24.5. The van der Waals surface area contributed by atoms with E-state index in [0.29, 0.717) is 16.4 Å². The number of nitrogens with zero attached hydrogens (tertiary/aromatic N) is 1. The lowest BCUT2D eigenvalue weighted by Crippen LogP contribution is -2.57. The van der Waals surface area contributed by atoms with Crippen molar-refractivity contribution in [2.45, 2.75) is 13.0 Å². The summed E-state index contributed by atoms with van der Waals surface area (Å²) in [5.74, 6) is -0.673. The second kappa shape index (κ2) is 4.25. The van der Waals surface area contributed by atoms with Gasteiger partial charge in [-0.25, -0.2) is 0 Å². The summed E-state index contributed by atoms with van der Waals surface area (Å²) < 4.78 is 0. The minimum absolute atomic E-state index is 0.0947. The van der Waals surface area contributed by atoms with Crippen LogP contribution in [0.15, 0.2) is 18.2 Å². The molecule has 3 N–H and O–H groups in total. The molecular formula is C11H12ClN3O2. The van der Waals surface area contributed by atoms with Crippen LogP contribution in [-0.4, -0.2) is 24.4 Å². The monoisotopic (exact) mass is 253 g/mol. The van der Waals surface area contributed by atoms with Gasteiger partial charge in [-0.2, -0.15) is 0 Å². The van der Waals surface area contributed by atoms with Crippen LogP contribution in [0.5, 0.6) is 0 Å². The second-order valence-corrected chi connectivity index (χ2v) is 4.30. The molecule has 1 atom stereocenters. The average molecular weight is 254 g/mol. The number of imide groups is 1. The molecule has 0 saturated carbocycles. The lowest BCUT2D eigenvalue weighted by molar-refractivity contribution is -0.132. The number of anilines is 2. The number of hydrogen-bond acceptors (Lipinski definition) is 4. The Labute approximate surface area is 104 Å². The summed E-state index contributed by atoms with van der Waals surface area (Å²) in [6.45, 7) is 1.81. The Balaban J connectivity index is 2.41. The van der Waals surface area contributed by atoms with Crippen molar-refractivity contribution in [2.75, 3.05) is 17.2 Å². The fourth-order valence-electron chi connectivity index (χ4n) is 1.78. The van der Waals surface area contributed by atoms with Gasteiger partial charge in [0.25, 0.3) is 0 Å². The van der Waals surface area contributed by atoms with Gasteiger partial charge in [0.15, 0.2) is 0 Å². The van der Waals surface area contributed by atoms with Gasteiger partial charge in [-0.15, -0.1) is 0 Å². The highest BCUT2D eigenvalue weighted by Crippen LogP contribution is 2.31.